The number of nitrogens with one attached hydrogen (secondary N) is 1. The number of rotatable bonds is 5. The molecule has 1 unspecified atom stereocenters. The topological polar surface area (TPSA) is 71.3 Å². The number of hydrogen-bond donors (Lipinski definition) is 1. The van der Waals surface area contributed by atoms with Crippen molar-refractivity contribution in [1.82, 2.24) is 20.4 Å². The number of carbonyl (C=O) groups excluding carboxylic acids is 1. The van der Waals surface area contributed by atoms with Crippen molar-refractivity contribution in [3.05, 3.63) is 71.6 Å². The minimum Gasteiger partial charge on any atom is -0.339 e. The van der Waals surface area contributed by atoms with Gasteiger partial charge in [-0.3, -0.25) is 0 Å². The maximum absolute atomic E-state index is 12.6. The Morgan fingerprint density at radius 2 is 1.97 bits per heavy atom. The molecule has 0 bridgehead atoms. The van der Waals surface area contributed by atoms with E-state index >= 15 is 0 Å². The predicted octanol–water partition coefficient (Wildman–Crippen LogP) is 4.21. The van der Waals surface area contributed by atoms with Crippen LogP contribution >= 0.6 is 0 Å². The van der Waals surface area contributed by atoms with Crippen molar-refractivity contribution in [3.8, 4) is 11.4 Å². The zero-order chi connectivity index (χ0) is 20.1. The van der Waals surface area contributed by atoms with Crippen molar-refractivity contribution >= 4 is 6.03 Å². The largest absolute Gasteiger partial charge is 0.339 e. The number of nitrogens with zero attached hydrogens (tertiary/aromatic N) is 3. The Balaban J connectivity index is 1.33. The normalized spacial score (nSPS) is 16.6. The molecule has 1 saturated heterocycles. The highest BCUT2D eigenvalue weighted by atomic mass is 16.5. The Kier molecular flexibility index (Phi) is 5.89. The van der Waals surface area contributed by atoms with Gasteiger partial charge in [0.1, 0.15) is 0 Å². The van der Waals surface area contributed by atoms with Gasteiger partial charge < -0.3 is 14.7 Å². The summed E-state index contributed by atoms with van der Waals surface area (Å²) < 4.78 is 5.50. The number of aromatic nitrogens is 2. The van der Waals surface area contributed by atoms with Crippen LogP contribution in [-0.2, 0) is 13.0 Å². The first-order valence-corrected chi connectivity index (χ1v) is 10.1. The Hall–Kier alpha value is -3.15. The lowest BCUT2D eigenvalue weighted by Gasteiger charge is -2.32. The number of benzene rings is 2. The molecule has 29 heavy (non-hydrogen) atoms. The minimum absolute atomic E-state index is 0.00955. The average Bonchev–Trinajstić information content (AvgIpc) is 3.21. The van der Waals surface area contributed by atoms with Gasteiger partial charge in [-0.2, -0.15) is 4.98 Å². The fraction of sp³-hybridized carbons (Fsp3) is 0.348. The third kappa shape index (κ3) is 4.83. The second-order valence-corrected chi connectivity index (χ2v) is 7.63. The van der Waals surface area contributed by atoms with Crippen LogP contribution in [0, 0.1) is 12.8 Å². The number of amides is 2. The van der Waals surface area contributed by atoms with Gasteiger partial charge in [0.25, 0.3) is 0 Å². The molecule has 1 aliphatic rings. The van der Waals surface area contributed by atoms with Gasteiger partial charge in [-0.05, 0) is 36.8 Å². The van der Waals surface area contributed by atoms with Crippen LogP contribution in [0.2, 0.25) is 0 Å². The molecule has 6 nitrogen and oxygen atoms in total. The molecule has 150 valence electrons. The van der Waals surface area contributed by atoms with Gasteiger partial charge in [-0.25, -0.2) is 4.79 Å². The first-order valence-electron chi connectivity index (χ1n) is 10.1. The molecule has 3 aromatic rings. The Morgan fingerprint density at radius 1 is 1.17 bits per heavy atom. The molecule has 1 aliphatic heterocycles. The van der Waals surface area contributed by atoms with Crippen LogP contribution < -0.4 is 5.32 Å². The number of urea groups is 1. The van der Waals surface area contributed by atoms with Gasteiger partial charge in [0.05, 0.1) is 0 Å². The van der Waals surface area contributed by atoms with E-state index in [1.54, 1.807) is 0 Å². The fourth-order valence-electron chi connectivity index (χ4n) is 3.82. The van der Waals surface area contributed by atoms with Gasteiger partial charge in [-0.1, -0.05) is 59.8 Å². The standard InChI is InChI=1S/C23H26N4O2/c1-17-8-5-6-12-20(17)22-25-21(29-26-22)14-19-11-7-13-27(16-19)23(28)24-15-18-9-3-2-4-10-18/h2-6,8-10,12,19H,7,11,13-16H2,1H3,(H,24,28). The maximum Gasteiger partial charge on any atom is 0.317 e. The van der Waals surface area contributed by atoms with E-state index < -0.39 is 0 Å². The van der Waals surface area contributed by atoms with Gasteiger partial charge in [-0.15, -0.1) is 0 Å². The second kappa shape index (κ2) is 8.90. The molecule has 4 rings (SSSR count). The van der Waals surface area contributed by atoms with Crippen LogP contribution in [0.15, 0.2) is 59.1 Å². The van der Waals surface area contributed by atoms with Gasteiger partial charge in [0.15, 0.2) is 0 Å². The summed E-state index contributed by atoms with van der Waals surface area (Å²) in [7, 11) is 0. The first kappa shape index (κ1) is 19.2. The summed E-state index contributed by atoms with van der Waals surface area (Å²) in [6.45, 7) is 4.08. The van der Waals surface area contributed by atoms with E-state index in [0.29, 0.717) is 37.1 Å². The zero-order valence-corrected chi connectivity index (χ0v) is 16.7. The van der Waals surface area contributed by atoms with E-state index in [0.717, 1.165) is 36.1 Å². The van der Waals surface area contributed by atoms with Crippen molar-refractivity contribution in [1.29, 1.82) is 0 Å². The number of likely N-dealkylation sites (tertiary alicyclic amines) is 1. The van der Waals surface area contributed by atoms with Crippen LogP contribution in [0.25, 0.3) is 11.4 Å². The third-order valence-corrected chi connectivity index (χ3v) is 5.41. The monoisotopic (exact) mass is 390 g/mol. The van der Waals surface area contributed by atoms with Gasteiger partial charge in [0.2, 0.25) is 11.7 Å². The van der Waals surface area contributed by atoms with Crippen LogP contribution in [0.3, 0.4) is 0 Å². The van der Waals surface area contributed by atoms with E-state index in [1.807, 2.05) is 66.4 Å². The van der Waals surface area contributed by atoms with Crippen molar-refractivity contribution < 1.29 is 9.32 Å². The molecule has 6 heteroatoms. The van der Waals surface area contributed by atoms with Crippen molar-refractivity contribution in [3.63, 3.8) is 0 Å². The van der Waals surface area contributed by atoms with Gasteiger partial charge >= 0.3 is 6.03 Å². The summed E-state index contributed by atoms with van der Waals surface area (Å²) in [6, 6.07) is 18.0. The molecule has 1 fully saturated rings. The first-order chi connectivity index (χ1) is 14.2. The van der Waals surface area contributed by atoms with E-state index in [2.05, 4.69) is 15.5 Å². The summed E-state index contributed by atoms with van der Waals surface area (Å²) in [5, 5.41) is 7.17. The molecule has 0 spiro atoms. The summed E-state index contributed by atoms with van der Waals surface area (Å²) in [4.78, 5) is 19.0. The number of piperidine rings is 1. The second-order valence-electron chi connectivity index (χ2n) is 7.63. The lowest BCUT2D eigenvalue weighted by Crippen LogP contribution is -2.45. The summed E-state index contributed by atoms with van der Waals surface area (Å²) >= 11 is 0. The molecule has 2 heterocycles. The maximum atomic E-state index is 12.6. The van der Waals surface area contributed by atoms with Crippen LogP contribution in [-0.4, -0.2) is 34.2 Å². The number of hydrogen-bond acceptors (Lipinski definition) is 4. The van der Waals surface area contributed by atoms with E-state index in [-0.39, 0.29) is 6.03 Å². The lowest BCUT2D eigenvalue weighted by molar-refractivity contribution is 0.161. The number of aryl methyl sites for hydroxylation is 1. The van der Waals surface area contributed by atoms with Crippen molar-refractivity contribution in [2.45, 2.75) is 32.7 Å². The van der Waals surface area contributed by atoms with Crippen LogP contribution in [0.1, 0.15) is 29.9 Å². The van der Waals surface area contributed by atoms with Crippen LogP contribution in [0.5, 0.6) is 0 Å². The summed E-state index contributed by atoms with van der Waals surface area (Å²) in [6.07, 6.45) is 2.74. The Labute approximate surface area is 170 Å². The third-order valence-electron chi connectivity index (χ3n) is 5.41. The molecule has 1 N–H and O–H groups in total. The minimum atomic E-state index is -0.00955. The summed E-state index contributed by atoms with van der Waals surface area (Å²) in [5.41, 5.74) is 3.22. The predicted molar refractivity (Wildman–Crippen MR) is 111 cm³/mol. The molecular formula is C23H26N4O2. The van der Waals surface area contributed by atoms with Gasteiger partial charge in [0, 0.05) is 31.6 Å². The number of carbonyl (C=O) groups is 1. The van der Waals surface area contributed by atoms with Crippen molar-refractivity contribution in [2.24, 2.45) is 5.92 Å². The molecular weight excluding hydrogens is 364 g/mol. The van der Waals surface area contributed by atoms with Crippen molar-refractivity contribution in [2.75, 3.05) is 13.1 Å². The molecule has 2 amide bonds. The van der Waals surface area contributed by atoms with Crippen LogP contribution in [0.4, 0.5) is 4.79 Å². The fourth-order valence-corrected chi connectivity index (χ4v) is 3.82. The van der Waals surface area contributed by atoms with E-state index in [4.69, 9.17) is 4.52 Å². The van der Waals surface area contributed by atoms with E-state index in [1.165, 1.54) is 0 Å². The SMILES string of the molecule is Cc1ccccc1-c1noc(CC2CCCN(C(=O)NCc3ccccc3)C2)n1. The molecule has 0 saturated carbocycles. The highest BCUT2D eigenvalue weighted by molar-refractivity contribution is 5.74. The molecule has 2 aromatic carbocycles. The highest BCUT2D eigenvalue weighted by Crippen LogP contribution is 2.23. The quantitative estimate of drug-likeness (QED) is 0.708. The molecule has 0 radical (unpaired) electrons. The Morgan fingerprint density at radius 3 is 2.79 bits per heavy atom. The molecule has 0 aliphatic carbocycles. The lowest BCUT2D eigenvalue weighted by atomic mass is 9.95. The smallest absolute Gasteiger partial charge is 0.317 e. The average molecular weight is 390 g/mol. The Bertz CT molecular complexity index is 954. The highest BCUT2D eigenvalue weighted by Gasteiger charge is 2.25. The zero-order valence-electron chi connectivity index (χ0n) is 16.7. The van der Waals surface area contributed by atoms with E-state index in [9.17, 15) is 4.79 Å². The molecule has 1 aromatic heterocycles. The molecule has 1 atom stereocenters. The summed E-state index contributed by atoms with van der Waals surface area (Å²) in [5.74, 6) is 1.60.